The molecule has 0 radical (unpaired) electrons. The number of nitrogens with zero attached hydrogens (tertiary/aromatic N) is 3. The minimum absolute atomic E-state index is 0.0678. The van der Waals surface area contributed by atoms with Crippen molar-refractivity contribution < 1.29 is 35.9 Å². The molecular weight excluding hydrogens is 513 g/mol. The molecule has 0 atom stereocenters. The smallest absolute Gasteiger partial charge is 0.340 e. The number of sulfonamides is 1. The number of carbonyl (C=O) groups is 2. The Kier molecular flexibility index (Phi) is 7.86. The Morgan fingerprint density at radius 3 is 2.60 bits per heavy atom. The number of aromatic nitrogens is 1. The fourth-order valence-electron chi connectivity index (χ4n) is 3.31. The van der Waals surface area contributed by atoms with Crippen molar-refractivity contribution >= 4 is 39.3 Å². The number of rotatable bonds is 8. The lowest BCUT2D eigenvalue weighted by Gasteiger charge is -2.39. The summed E-state index contributed by atoms with van der Waals surface area (Å²) in [7, 11) is -4.24. The fraction of sp³-hybridized carbons (Fsp3) is 0.333. The molecule has 3 rings (SSSR count). The highest BCUT2D eigenvalue weighted by Crippen LogP contribution is 2.31. The summed E-state index contributed by atoms with van der Waals surface area (Å²) in [5.74, 6) is -4.63. The second-order valence-electron chi connectivity index (χ2n) is 7.49. The first-order valence-electron chi connectivity index (χ1n) is 10.1. The predicted molar refractivity (Wildman–Crippen MR) is 118 cm³/mol. The van der Waals surface area contributed by atoms with Crippen LogP contribution < -0.4 is 9.62 Å². The van der Waals surface area contributed by atoms with E-state index in [0.717, 1.165) is 12.1 Å². The van der Waals surface area contributed by atoms with Gasteiger partial charge >= 0.3 is 5.97 Å². The summed E-state index contributed by atoms with van der Waals surface area (Å²) in [4.78, 5) is 29.5. The van der Waals surface area contributed by atoms with Crippen LogP contribution in [0.3, 0.4) is 0 Å². The van der Waals surface area contributed by atoms with Crippen LogP contribution in [0.15, 0.2) is 24.3 Å². The van der Waals surface area contributed by atoms with E-state index in [2.05, 4.69) is 4.98 Å². The van der Waals surface area contributed by atoms with Crippen LogP contribution >= 0.6 is 11.6 Å². The molecule has 186 valence electrons. The molecule has 0 spiro atoms. The number of halogens is 4. The molecule has 0 bridgehead atoms. The van der Waals surface area contributed by atoms with Gasteiger partial charge < -0.3 is 9.64 Å². The number of benzene rings is 1. The first-order chi connectivity index (χ1) is 16.5. The maximum Gasteiger partial charge on any atom is 0.340 e. The van der Waals surface area contributed by atoms with Gasteiger partial charge in [-0.3, -0.25) is 9.52 Å². The first-order valence-corrected chi connectivity index (χ1v) is 12.1. The van der Waals surface area contributed by atoms with Crippen molar-refractivity contribution in [3.8, 4) is 6.07 Å². The van der Waals surface area contributed by atoms with Crippen LogP contribution in [0.25, 0.3) is 0 Å². The molecule has 1 saturated heterocycles. The Hall–Kier alpha value is -3.37. The number of nitrogens with one attached hydrogen (secondary N) is 1. The number of pyridine rings is 1. The highest BCUT2D eigenvalue weighted by molar-refractivity contribution is 7.89. The quantitative estimate of drug-likeness (QED) is 0.516. The van der Waals surface area contributed by atoms with Crippen LogP contribution in [0.5, 0.6) is 0 Å². The lowest BCUT2D eigenvalue weighted by Crippen LogP contribution is -2.55. The molecule has 1 aliphatic heterocycles. The van der Waals surface area contributed by atoms with Gasteiger partial charge in [0.2, 0.25) is 15.9 Å². The number of ether oxygens (including phenoxy) is 1. The number of carbonyl (C=O) groups excluding carboxylic acids is 2. The normalized spacial score (nSPS) is 13.8. The topological polar surface area (TPSA) is 129 Å². The van der Waals surface area contributed by atoms with Gasteiger partial charge in [0.15, 0.2) is 0 Å². The SMILES string of the molecule is CCOC(=O)c1cc(C#N)c(N2CC(C(=O)NS(=O)(=O)Cc3ccc(Cl)cc3F)C2)nc1C(F)F. The molecule has 9 nitrogen and oxygen atoms in total. The van der Waals surface area contributed by atoms with Gasteiger partial charge in [0.25, 0.3) is 6.43 Å². The minimum atomic E-state index is -4.24. The largest absolute Gasteiger partial charge is 0.462 e. The number of esters is 1. The van der Waals surface area contributed by atoms with Crippen molar-refractivity contribution in [2.45, 2.75) is 19.1 Å². The second-order valence-corrected chi connectivity index (χ2v) is 9.65. The molecule has 2 heterocycles. The standard InChI is InChI=1S/C21H18ClF3N4O5S/c1-2-34-21(31)15-5-12(7-26)19(27-17(15)18(24)25)29-8-13(9-29)20(30)28-35(32,33)10-11-3-4-14(22)6-16(11)23/h3-6,13,18H,2,8-10H2,1H3,(H,28,30). The van der Waals surface area contributed by atoms with Gasteiger partial charge in [0.1, 0.15) is 23.4 Å². The summed E-state index contributed by atoms with van der Waals surface area (Å²) < 4.78 is 72.1. The fourth-order valence-corrected chi connectivity index (χ4v) is 4.66. The van der Waals surface area contributed by atoms with Gasteiger partial charge in [-0.05, 0) is 25.1 Å². The highest BCUT2D eigenvalue weighted by atomic mass is 35.5. The van der Waals surface area contributed by atoms with Crippen molar-refractivity contribution in [3.05, 3.63) is 57.5 Å². The molecule has 1 aliphatic rings. The summed E-state index contributed by atoms with van der Waals surface area (Å²) in [5, 5.41) is 9.49. The molecule has 1 aromatic carbocycles. The zero-order valence-electron chi connectivity index (χ0n) is 18.1. The molecule has 35 heavy (non-hydrogen) atoms. The zero-order valence-corrected chi connectivity index (χ0v) is 19.7. The van der Waals surface area contributed by atoms with Crippen LogP contribution in [-0.4, -0.2) is 45.0 Å². The van der Waals surface area contributed by atoms with E-state index in [4.69, 9.17) is 16.3 Å². The van der Waals surface area contributed by atoms with E-state index in [9.17, 15) is 36.4 Å². The maximum absolute atomic E-state index is 13.9. The van der Waals surface area contributed by atoms with E-state index in [1.54, 1.807) is 6.07 Å². The van der Waals surface area contributed by atoms with Crippen molar-refractivity contribution in [2.75, 3.05) is 24.6 Å². The lowest BCUT2D eigenvalue weighted by atomic mass is 9.98. The Labute approximate surface area is 203 Å². The molecule has 1 aromatic heterocycles. The van der Waals surface area contributed by atoms with Gasteiger partial charge in [-0.1, -0.05) is 17.7 Å². The van der Waals surface area contributed by atoms with E-state index in [-0.39, 0.29) is 41.7 Å². The predicted octanol–water partition coefficient (Wildman–Crippen LogP) is 2.94. The summed E-state index contributed by atoms with van der Waals surface area (Å²) in [6.07, 6.45) is -3.14. The van der Waals surface area contributed by atoms with E-state index in [1.807, 2.05) is 4.72 Å². The van der Waals surface area contributed by atoms with Gasteiger partial charge in [-0.2, -0.15) is 5.26 Å². The molecular formula is C21H18ClF3N4O5S. The van der Waals surface area contributed by atoms with Gasteiger partial charge in [0.05, 0.1) is 29.4 Å². The van der Waals surface area contributed by atoms with Crippen LogP contribution in [0.4, 0.5) is 19.0 Å². The molecule has 14 heteroatoms. The lowest BCUT2D eigenvalue weighted by molar-refractivity contribution is -0.123. The molecule has 1 N–H and O–H groups in total. The van der Waals surface area contributed by atoms with Crippen LogP contribution in [0.1, 0.15) is 40.5 Å². The number of hydrogen-bond donors (Lipinski definition) is 1. The minimum Gasteiger partial charge on any atom is -0.462 e. The van der Waals surface area contributed by atoms with Gasteiger partial charge in [-0.15, -0.1) is 0 Å². The zero-order chi connectivity index (χ0) is 25.9. The van der Waals surface area contributed by atoms with Gasteiger partial charge in [0, 0.05) is 23.7 Å². The number of anilines is 1. The van der Waals surface area contributed by atoms with E-state index in [1.165, 1.54) is 24.0 Å². The average Bonchev–Trinajstić information content (AvgIpc) is 2.74. The van der Waals surface area contributed by atoms with Gasteiger partial charge in [-0.25, -0.2) is 31.4 Å². The van der Waals surface area contributed by atoms with Crippen LogP contribution in [0.2, 0.25) is 5.02 Å². The van der Waals surface area contributed by atoms with Crippen LogP contribution in [-0.2, 0) is 25.3 Å². The third-order valence-corrected chi connectivity index (χ3v) is 6.46. The number of alkyl halides is 2. The third-order valence-electron chi connectivity index (χ3n) is 5.02. The number of amides is 1. The number of nitriles is 1. The summed E-state index contributed by atoms with van der Waals surface area (Å²) in [5.41, 5.74) is -1.80. The molecule has 1 fully saturated rings. The Morgan fingerprint density at radius 1 is 1.34 bits per heavy atom. The van der Waals surface area contributed by atoms with E-state index >= 15 is 0 Å². The first kappa shape index (κ1) is 26.2. The van der Waals surface area contributed by atoms with E-state index in [0.29, 0.717) is 0 Å². The summed E-state index contributed by atoms with van der Waals surface area (Å²) in [6.45, 7) is 1.17. The molecule has 0 unspecified atom stereocenters. The molecule has 1 amide bonds. The Balaban J connectivity index is 1.72. The molecule has 0 saturated carbocycles. The van der Waals surface area contributed by atoms with E-state index < -0.39 is 57.1 Å². The molecule has 0 aliphatic carbocycles. The summed E-state index contributed by atoms with van der Waals surface area (Å²) in [6, 6.07) is 6.15. The third kappa shape index (κ3) is 6.01. The monoisotopic (exact) mass is 530 g/mol. The second kappa shape index (κ2) is 10.5. The Bertz CT molecular complexity index is 1310. The van der Waals surface area contributed by atoms with Crippen molar-refractivity contribution in [2.24, 2.45) is 5.92 Å². The number of hydrogen-bond acceptors (Lipinski definition) is 8. The van der Waals surface area contributed by atoms with Crippen molar-refractivity contribution in [1.82, 2.24) is 9.71 Å². The molecule has 2 aromatic rings. The van der Waals surface area contributed by atoms with Crippen LogP contribution in [0, 0.1) is 23.1 Å². The Morgan fingerprint density at radius 2 is 2.03 bits per heavy atom. The van der Waals surface area contributed by atoms with Crippen molar-refractivity contribution in [1.29, 1.82) is 5.26 Å². The maximum atomic E-state index is 13.9. The highest BCUT2D eigenvalue weighted by Gasteiger charge is 2.37. The average molecular weight is 531 g/mol. The summed E-state index contributed by atoms with van der Waals surface area (Å²) >= 11 is 5.64. The van der Waals surface area contributed by atoms with Crippen molar-refractivity contribution in [3.63, 3.8) is 0 Å².